The van der Waals surface area contributed by atoms with Gasteiger partial charge in [-0.2, -0.15) is 12.7 Å². The molecule has 0 spiro atoms. The van der Waals surface area contributed by atoms with Gasteiger partial charge in [-0.05, 0) is 39.2 Å². The van der Waals surface area contributed by atoms with E-state index in [9.17, 15) is 13.2 Å². The van der Waals surface area contributed by atoms with Gasteiger partial charge < -0.3 is 10.5 Å². The molecular formula is C12H25N3O4S. The first kappa shape index (κ1) is 17.2. The van der Waals surface area contributed by atoms with Gasteiger partial charge in [0.1, 0.15) is 0 Å². The minimum absolute atomic E-state index is 0.144. The number of carbonyl (C=O) groups excluding carboxylic acids is 1. The van der Waals surface area contributed by atoms with E-state index >= 15 is 0 Å². The Morgan fingerprint density at radius 3 is 2.60 bits per heavy atom. The number of rotatable bonds is 6. The maximum atomic E-state index is 12.3. The molecule has 0 saturated heterocycles. The molecule has 8 heteroatoms. The van der Waals surface area contributed by atoms with Crippen molar-refractivity contribution in [1.82, 2.24) is 9.03 Å². The summed E-state index contributed by atoms with van der Waals surface area (Å²) in [5.74, 6) is 0.146. The standard InChI is InChI=1S/C12H25N3O4S/c1-4-15(11-7-5-6-10(11)8-13)20(17,18)14-12(16)19-9(2)3/h9-11H,4-8,13H2,1-3H3,(H,14,16). The number of amides is 1. The Labute approximate surface area is 121 Å². The van der Waals surface area contributed by atoms with Crippen LogP contribution in [0.15, 0.2) is 0 Å². The topological polar surface area (TPSA) is 102 Å². The highest BCUT2D eigenvalue weighted by Gasteiger charge is 2.37. The molecule has 1 saturated carbocycles. The lowest BCUT2D eigenvalue weighted by atomic mass is 10.0. The smallest absolute Gasteiger partial charge is 0.422 e. The molecule has 1 rings (SSSR count). The van der Waals surface area contributed by atoms with Crippen LogP contribution in [0.25, 0.3) is 0 Å². The summed E-state index contributed by atoms with van der Waals surface area (Å²) >= 11 is 0. The Kier molecular flexibility index (Phi) is 6.22. The third-order valence-corrected chi connectivity index (χ3v) is 5.04. The van der Waals surface area contributed by atoms with Crippen LogP contribution in [-0.2, 0) is 14.9 Å². The molecule has 2 atom stereocenters. The number of hydrogen-bond acceptors (Lipinski definition) is 5. The number of nitrogens with two attached hydrogens (primary N) is 1. The molecule has 0 aliphatic heterocycles. The van der Waals surface area contributed by atoms with E-state index in [1.165, 1.54) is 4.31 Å². The van der Waals surface area contributed by atoms with E-state index in [1.807, 2.05) is 4.72 Å². The second kappa shape index (κ2) is 7.24. The Hall–Kier alpha value is -0.860. The quantitative estimate of drug-likeness (QED) is 0.756. The average molecular weight is 307 g/mol. The first-order chi connectivity index (χ1) is 9.31. The van der Waals surface area contributed by atoms with Gasteiger partial charge in [-0.25, -0.2) is 9.52 Å². The number of hydrogen-bond donors (Lipinski definition) is 2. The first-order valence-electron chi connectivity index (χ1n) is 7.02. The molecule has 3 N–H and O–H groups in total. The maximum Gasteiger partial charge on any atom is 0.422 e. The van der Waals surface area contributed by atoms with Crippen LogP contribution in [0.3, 0.4) is 0 Å². The minimum Gasteiger partial charge on any atom is -0.446 e. The molecule has 0 aromatic carbocycles. The van der Waals surface area contributed by atoms with Crippen molar-refractivity contribution in [1.29, 1.82) is 0 Å². The molecule has 0 aromatic rings. The second-order valence-corrected chi connectivity index (χ2v) is 6.88. The van der Waals surface area contributed by atoms with Crippen LogP contribution in [0.2, 0.25) is 0 Å². The molecule has 1 aliphatic rings. The summed E-state index contributed by atoms with van der Waals surface area (Å²) in [6.07, 6.45) is 1.33. The summed E-state index contributed by atoms with van der Waals surface area (Å²) < 4.78 is 32.6. The van der Waals surface area contributed by atoms with Crippen LogP contribution >= 0.6 is 0 Å². The molecule has 2 unspecified atom stereocenters. The molecule has 0 heterocycles. The zero-order chi connectivity index (χ0) is 15.3. The lowest BCUT2D eigenvalue weighted by Crippen LogP contribution is -2.50. The predicted molar refractivity (Wildman–Crippen MR) is 76.2 cm³/mol. The second-order valence-electron chi connectivity index (χ2n) is 5.26. The zero-order valence-electron chi connectivity index (χ0n) is 12.3. The first-order valence-corrected chi connectivity index (χ1v) is 8.46. The predicted octanol–water partition coefficient (Wildman–Crippen LogP) is 0.815. The number of carbonyl (C=O) groups is 1. The summed E-state index contributed by atoms with van der Waals surface area (Å²) in [6, 6.07) is -0.144. The highest BCUT2D eigenvalue weighted by molar-refractivity contribution is 7.87. The van der Waals surface area contributed by atoms with E-state index in [2.05, 4.69) is 0 Å². The highest BCUT2D eigenvalue weighted by atomic mass is 32.2. The average Bonchev–Trinajstić information content (AvgIpc) is 2.75. The molecular weight excluding hydrogens is 282 g/mol. The SMILES string of the molecule is CCN(C1CCCC1CN)S(=O)(=O)NC(=O)OC(C)C. The van der Waals surface area contributed by atoms with Gasteiger partial charge in [-0.1, -0.05) is 13.3 Å². The molecule has 118 valence electrons. The van der Waals surface area contributed by atoms with E-state index < -0.39 is 16.3 Å². The van der Waals surface area contributed by atoms with Crippen LogP contribution in [-0.4, -0.2) is 44.1 Å². The highest BCUT2D eigenvalue weighted by Crippen LogP contribution is 2.30. The van der Waals surface area contributed by atoms with Gasteiger partial charge in [-0.15, -0.1) is 0 Å². The van der Waals surface area contributed by atoms with Crippen molar-refractivity contribution in [3.63, 3.8) is 0 Å². The summed E-state index contributed by atoms with van der Waals surface area (Å²) in [4.78, 5) is 11.5. The van der Waals surface area contributed by atoms with Gasteiger partial charge in [0, 0.05) is 12.6 Å². The van der Waals surface area contributed by atoms with Crippen LogP contribution in [0.4, 0.5) is 4.79 Å². The molecule has 0 aromatic heterocycles. The molecule has 1 amide bonds. The van der Waals surface area contributed by atoms with Gasteiger partial charge in [0.2, 0.25) is 0 Å². The van der Waals surface area contributed by atoms with E-state index in [0.717, 1.165) is 19.3 Å². The summed E-state index contributed by atoms with van der Waals surface area (Å²) in [5, 5.41) is 0. The monoisotopic (exact) mass is 307 g/mol. The van der Waals surface area contributed by atoms with Gasteiger partial charge in [0.15, 0.2) is 0 Å². The summed E-state index contributed by atoms with van der Waals surface area (Å²) in [7, 11) is -3.89. The van der Waals surface area contributed by atoms with Gasteiger partial charge in [0.25, 0.3) is 0 Å². The largest absolute Gasteiger partial charge is 0.446 e. The molecule has 20 heavy (non-hydrogen) atoms. The van der Waals surface area contributed by atoms with E-state index in [1.54, 1.807) is 20.8 Å². The summed E-state index contributed by atoms with van der Waals surface area (Å²) in [5.41, 5.74) is 5.69. The number of nitrogens with one attached hydrogen (secondary N) is 1. The molecule has 0 bridgehead atoms. The van der Waals surface area contributed by atoms with Gasteiger partial charge in [-0.3, -0.25) is 0 Å². The Balaban J connectivity index is 2.79. The fourth-order valence-electron chi connectivity index (χ4n) is 2.66. The van der Waals surface area contributed by atoms with E-state index in [4.69, 9.17) is 10.5 Å². The molecule has 0 radical (unpaired) electrons. The lowest BCUT2D eigenvalue weighted by molar-refractivity contribution is 0.120. The fraction of sp³-hybridized carbons (Fsp3) is 0.917. The minimum atomic E-state index is -3.89. The Morgan fingerprint density at radius 2 is 2.10 bits per heavy atom. The van der Waals surface area contributed by atoms with Gasteiger partial charge >= 0.3 is 16.3 Å². The van der Waals surface area contributed by atoms with Crippen molar-refractivity contribution in [3.8, 4) is 0 Å². The van der Waals surface area contributed by atoms with Crippen LogP contribution in [0.5, 0.6) is 0 Å². The number of nitrogens with zero attached hydrogens (tertiary/aromatic N) is 1. The van der Waals surface area contributed by atoms with Crippen LogP contribution < -0.4 is 10.5 Å². The third-order valence-electron chi connectivity index (χ3n) is 3.47. The molecule has 1 fully saturated rings. The van der Waals surface area contributed by atoms with Crippen LogP contribution in [0, 0.1) is 5.92 Å². The molecule has 1 aliphatic carbocycles. The van der Waals surface area contributed by atoms with Crippen molar-refractivity contribution >= 4 is 16.3 Å². The van der Waals surface area contributed by atoms with Gasteiger partial charge in [0.05, 0.1) is 6.10 Å². The van der Waals surface area contributed by atoms with Crippen molar-refractivity contribution < 1.29 is 17.9 Å². The van der Waals surface area contributed by atoms with Crippen molar-refractivity contribution in [2.24, 2.45) is 11.7 Å². The Morgan fingerprint density at radius 1 is 1.45 bits per heavy atom. The zero-order valence-corrected chi connectivity index (χ0v) is 13.1. The van der Waals surface area contributed by atoms with Crippen LogP contribution in [0.1, 0.15) is 40.0 Å². The molecule has 7 nitrogen and oxygen atoms in total. The Bertz CT molecular complexity index is 424. The maximum absolute atomic E-state index is 12.3. The summed E-state index contributed by atoms with van der Waals surface area (Å²) in [6.45, 7) is 5.81. The van der Waals surface area contributed by atoms with Crippen molar-refractivity contribution in [3.05, 3.63) is 0 Å². The van der Waals surface area contributed by atoms with Crippen molar-refractivity contribution in [2.75, 3.05) is 13.1 Å². The third kappa shape index (κ3) is 4.32. The number of ether oxygens (including phenoxy) is 1. The fourth-order valence-corrected chi connectivity index (χ4v) is 4.01. The van der Waals surface area contributed by atoms with E-state index in [0.29, 0.717) is 13.1 Å². The normalized spacial score (nSPS) is 23.3. The van der Waals surface area contributed by atoms with Crippen molar-refractivity contribution in [2.45, 2.75) is 52.2 Å². The van der Waals surface area contributed by atoms with E-state index in [-0.39, 0.29) is 18.1 Å². The lowest BCUT2D eigenvalue weighted by Gasteiger charge is -2.30.